The number of anilines is 1. The summed E-state index contributed by atoms with van der Waals surface area (Å²) in [6, 6.07) is 3.74. The van der Waals surface area contributed by atoms with E-state index >= 15 is 0 Å². The van der Waals surface area contributed by atoms with Crippen molar-refractivity contribution in [1.29, 1.82) is 0 Å². The van der Waals surface area contributed by atoms with Gasteiger partial charge in [0.1, 0.15) is 5.82 Å². The van der Waals surface area contributed by atoms with Crippen LogP contribution < -0.4 is 5.32 Å². The van der Waals surface area contributed by atoms with Gasteiger partial charge in [0.2, 0.25) is 0 Å². The van der Waals surface area contributed by atoms with Crippen molar-refractivity contribution in [2.24, 2.45) is 0 Å². The summed E-state index contributed by atoms with van der Waals surface area (Å²) >= 11 is 0. The lowest BCUT2D eigenvalue weighted by molar-refractivity contribution is 0.0398. The largest absolute Gasteiger partial charge is 0.478 e. The fraction of sp³-hybridized carbons (Fsp3) is 0.462. The van der Waals surface area contributed by atoms with Crippen molar-refractivity contribution in [3.05, 3.63) is 29.6 Å². The normalized spacial score (nSPS) is 16.3. The first-order valence-electron chi connectivity index (χ1n) is 6.23. The van der Waals surface area contributed by atoms with Crippen LogP contribution in [0, 0.1) is 5.82 Å². The van der Waals surface area contributed by atoms with Crippen LogP contribution in [0.1, 0.15) is 10.4 Å². The maximum Gasteiger partial charge on any atom is 0.337 e. The van der Waals surface area contributed by atoms with Crippen LogP contribution in [0.25, 0.3) is 0 Å². The first kappa shape index (κ1) is 13.8. The van der Waals surface area contributed by atoms with Crippen LogP contribution in [0.3, 0.4) is 0 Å². The smallest absolute Gasteiger partial charge is 0.337 e. The van der Waals surface area contributed by atoms with E-state index in [9.17, 15) is 9.18 Å². The zero-order chi connectivity index (χ0) is 13.7. The predicted molar refractivity (Wildman–Crippen MR) is 69.1 cm³/mol. The predicted octanol–water partition coefficient (Wildman–Crippen LogP) is 1.27. The SMILES string of the molecule is O=C(O)c1cc(F)ccc1NCCN1CCOCC1. The number of carboxylic acids is 1. The van der Waals surface area contributed by atoms with E-state index in [0.717, 1.165) is 38.9 Å². The molecule has 2 N–H and O–H groups in total. The third-order valence-electron chi connectivity index (χ3n) is 3.06. The molecule has 0 aromatic heterocycles. The van der Waals surface area contributed by atoms with E-state index in [1.807, 2.05) is 0 Å². The minimum Gasteiger partial charge on any atom is -0.478 e. The third-order valence-corrected chi connectivity index (χ3v) is 3.06. The van der Waals surface area contributed by atoms with Crippen LogP contribution in [0.5, 0.6) is 0 Å². The van der Waals surface area contributed by atoms with Gasteiger partial charge in [0.15, 0.2) is 0 Å². The lowest BCUT2D eigenvalue weighted by Crippen LogP contribution is -2.39. The van der Waals surface area contributed by atoms with E-state index in [1.54, 1.807) is 0 Å². The lowest BCUT2D eigenvalue weighted by atomic mass is 10.1. The molecule has 5 nitrogen and oxygen atoms in total. The highest BCUT2D eigenvalue weighted by molar-refractivity contribution is 5.94. The molecule has 104 valence electrons. The Bertz CT molecular complexity index is 448. The number of aromatic carboxylic acids is 1. The van der Waals surface area contributed by atoms with Crippen molar-refractivity contribution < 1.29 is 19.0 Å². The van der Waals surface area contributed by atoms with Crippen molar-refractivity contribution in [2.45, 2.75) is 0 Å². The molecule has 0 radical (unpaired) electrons. The molecule has 6 heteroatoms. The molecule has 0 bridgehead atoms. The average Bonchev–Trinajstić information content (AvgIpc) is 2.41. The summed E-state index contributed by atoms with van der Waals surface area (Å²) in [5.74, 6) is -1.68. The number of hydrogen-bond acceptors (Lipinski definition) is 4. The van der Waals surface area contributed by atoms with E-state index in [4.69, 9.17) is 9.84 Å². The van der Waals surface area contributed by atoms with E-state index < -0.39 is 11.8 Å². The second-order valence-electron chi connectivity index (χ2n) is 4.38. The number of carboxylic acid groups (broad SMARTS) is 1. The van der Waals surface area contributed by atoms with Crippen LogP contribution in [-0.4, -0.2) is 55.4 Å². The zero-order valence-corrected chi connectivity index (χ0v) is 10.6. The summed E-state index contributed by atoms with van der Waals surface area (Å²) in [6.07, 6.45) is 0. The molecular weight excluding hydrogens is 251 g/mol. The Labute approximate surface area is 111 Å². The highest BCUT2D eigenvalue weighted by atomic mass is 19.1. The van der Waals surface area contributed by atoms with Gasteiger partial charge in [0.25, 0.3) is 0 Å². The van der Waals surface area contributed by atoms with Crippen LogP contribution in [0.15, 0.2) is 18.2 Å². The molecule has 0 aliphatic carbocycles. The van der Waals surface area contributed by atoms with Gasteiger partial charge in [-0.3, -0.25) is 4.90 Å². The molecule has 19 heavy (non-hydrogen) atoms. The minimum atomic E-state index is -1.13. The maximum absolute atomic E-state index is 13.0. The van der Waals surface area contributed by atoms with E-state index in [-0.39, 0.29) is 5.56 Å². The number of nitrogens with zero attached hydrogens (tertiary/aromatic N) is 1. The first-order valence-corrected chi connectivity index (χ1v) is 6.23. The summed E-state index contributed by atoms with van der Waals surface area (Å²) in [5.41, 5.74) is 0.407. The first-order chi connectivity index (χ1) is 9.16. The van der Waals surface area contributed by atoms with E-state index in [2.05, 4.69) is 10.2 Å². The van der Waals surface area contributed by atoms with Gasteiger partial charge in [0, 0.05) is 31.9 Å². The topological polar surface area (TPSA) is 61.8 Å². The van der Waals surface area contributed by atoms with Crippen molar-refractivity contribution in [3.8, 4) is 0 Å². The Morgan fingerprint density at radius 1 is 1.42 bits per heavy atom. The summed E-state index contributed by atoms with van der Waals surface area (Å²) in [5, 5.41) is 12.0. The van der Waals surface area contributed by atoms with E-state index in [1.165, 1.54) is 12.1 Å². The van der Waals surface area contributed by atoms with Gasteiger partial charge in [-0.2, -0.15) is 0 Å². The number of rotatable bonds is 5. The molecular formula is C13H17FN2O3. The van der Waals surface area contributed by atoms with Gasteiger partial charge in [-0.1, -0.05) is 0 Å². The summed E-state index contributed by atoms with van der Waals surface area (Å²) < 4.78 is 18.3. The van der Waals surface area contributed by atoms with Gasteiger partial charge in [-0.25, -0.2) is 9.18 Å². The molecule has 0 atom stereocenters. The molecule has 1 aromatic rings. The van der Waals surface area contributed by atoms with E-state index in [0.29, 0.717) is 12.2 Å². The molecule has 1 aliphatic rings. The van der Waals surface area contributed by atoms with Gasteiger partial charge in [-0.05, 0) is 18.2 Å². The Kier molecular flexibility index (Phi) is 4.70. The highest BCUT2D eigenvalue weighted by Crippen LogP contribution is 2.16. The minimum absolute atomic E-state index is 0.0398. The molecule has 0 saturated carbocycles. The fourth-order valence-corrected chi connectivity index (χ4v) is 2.02. The highest BCUT2D eigenvalue weighted by Gasteiger charge is 2.12. The molecule has 1 fully saturated rings. The standard InChI is InChI=1S/C13H17FN2O3/c14-10-1-2-12(11(9-10)13(17)18)15-3-4-16-5-7-19-8-6-16/h1-2,9,15H,3-8H2,(H,17,18). The van der Waals surface area contributed by atoms with Gasteiger partial charge < -0.3 is 15.2 Å². The maximum atomic E-state index is 13.0. The fourth-order valence-electron chi connectivity index (χ4n) is 2.02. The monoisotopic (exact) mass is 268 g/mol. The summed E-state index contributed by atoms with van der Waals surface area (Å²) in [4.78, 5) is 13.2. The van der Waals surface area contributed by atoms with Gasteiger partial charge in [0.05, 0.1) is 18.8 Å². The molecule has 1 aromatic carbocycles. The van der Waals surface area contributed by atoms with Crippen molar-refractivity contribution in [1.82, 2.24) is 4.90 Å². The van der Waals surface area contributed by atoms with Gasteiger partial charge >= 0.3 is 5.97 Å². The summed E-state index contributed by atoms with van der Waals surface area (Å²) in [7, 11) is 0. The second-order valence-corrected chi connectivity index (χ2v) is 4.38. The number of nitrogens with one attached hydrogen (secondary N) is 1. The van der Waals surface area contributed by atoms with Crippen LogP contribution in [-0.2, 0) is 4.74 Å². The number of morpholine rings is 1. The van der Waals surface area contributed by atoms with Crippen molar-refractivity contribution >= 4 is 11.7 Å². The van der Waals surface area contributed by atoms with Crippen LogP contribution in [0.4, 0.5) is 10.1 Å². The molecule has 2 rings (SSSR count). The number of carbonyl (C=O) groups is 1. The lowest BCUT2D eigenvalue weighted by Gasteiger charge is -2.26. The number of halogens is 1. The molecule has 0 unspecified atom stereocenters. The van der Waals surface area contributed by atoms with Gasteiger partial charge in [-0.15, -0.1) is 0 Å². The quantitative estimate of drug-likeness (QED) is 0.842. The molecule has 1 saturated heterocycles. The summed E-state index contributed by atoms with van der Waals surface area (Å²) in [6.45, 7) is 4.66. The van der Waals surface area contributed by atoms with Crippen molar-refractivity contribution in [3.63, 3.8) is 0 Å². The molecule has 0 spiro atoms. The average molecular weight is 268 g/mol. The molecule has 0 amide bonds. The Morgan fingerprint density at radius 3 is 2.84 bits per heavy atom. The Morgan fingerprint density at radius 2 is 2.16 bits per heavy atom. The molecule has 1 aliphatic heterocycles. The van der Waals surface area contributed by atoms with Crippen LogP contribution in [0.2, 0.25) is 0 Å². The van der Waals surface area contributed by atoms with Crippen LogP contribution >= 0.6 is 0 Å². The van der Waals surface area contributed by atoms with Crippen molar-refractivity contribution in [2.75, 3.05) is 44.7 Å². The number of hydrogen-bond donors (Lipinski definition) is 2. The second kappa shape index (κ2) is 6.49. The zero-order valence-electron chi connectivity index (χ0n) is 10.6. The molecule has 1 heterocycles. The third kappa shape index (κ3) is 3.90. The Hall–Kier alpha value is -1.66. The number of ether oxygens (including phenoxy) is 1. The number of benzene rings is 1. The Balaban J connectivity index is 1.89.